The summed E-state index contributed by atoms with van der Waals surface area (Å²) < 4.78 is 9.95. The fraction of sp³-hybridized carbons (Fsp3) is 0.833. The second-order valence-electron chi connectivity index (χ2n) is 4.67. The fourth-order valence-corrected chi connectivity index (χ4v) is 2.62. The van der Waals surface area contributed by atoms with Crippen LogP contribution in [0, 0.1) is 0 Å². The highest BCUT2D eigenvalue weighted by Crippen LogP contribution is 2.44. The monoisotopic (exact) mass is 256 g/mol. The third-order valence-electron chi connectivity index (χ3n) is 3.64. The average Bonchev–Trinajstić information content (AvgIpc) is 3.15. The largest absolute Gasteiger partial charge is 0.450 e. The van der Waals surface area contributed by atoms with Crippen molar-refractivity contribution in [3.63, 3.8) is 0 Å². The fourth-order valence-electron chi connectivity index (χ4n) is 2.62. The number of amides is 2. The van der Waals surface area contributed by atoms with E-state index in [0.29, 0.717) is 13.2 Å². The molecule has 6 heteroatoms. The van der Waals surface area contributed by atoms with Crippen LogP contribution in [0.2, 0.25) is 0 Å². The van der Waals surface area contributed by atoms with E-state index in [4.69, 9.17) is 9.47 Å². The number of carbonyl (C=O) groups excluding carboxylic acids is 2. The van der Waals surface area contributed by atoms with Crippen LogP contribution in [0.5, 0.6) is 0 Å². The van der Waals surface area contributed by atoms with Crippen molar-refractivity contribution in [2.45, 2.75) is 51.9 Å². The lowest BCUT2D eigenvalue weighted by molar-refractivity contribution is 0.126. The second kappa shape index (κ2) is 4.66. The first kappa shape index (κ1) is 13.0. The van der Waals surface area contributed by atoms with Crippen LogP contribution >= 0.6 is 0 Å². The average molecular weight is 256 g/mol. The lowest BCUT2D eigenvalue weighted by Gasteiger charge is -2.05. The van der Waals surface area contributed by atoms with E-state index in [2.05, 4.69) is 0 Å². The molecule has 2 saturated heterocycles. The zero-order chi connectivity index (χ0) is 13.4. The summed E-state index contributed by atoms with van der Waals surface area (Å²) in [6.45, 7) is 8.25. The first-order valence-corrected chi connectivity index (χ1v) is 6.44. The lowest BCUT2D eigenvalue weighted by atomic mass is 10.2. The van der Waals surface area contributed by atoms with Gasteiger partial charge in [0, 0.05) is 0 Å². The van der Waals surface area contributed by atoms with Crippen molar-refractivity contribution in [1.82, 2.24) is 9.80 Å². The number of nitrogens with zero attached hydrogens (tertiary/aromatic N) is 2. The molecule has 0 spiro atoms. The Hall–Kier alpha value is -1.46. The molecule has 6 nitrogen and oxygen atoms in total. The van der Waals surface area contributed by atoms with Crippen molar-refractivity contribution >= 4 is 12.2 Å². The quantitative estimate of drug-likeness (QED) is 0.717. The minimum Gasteiger partial charge on any atom is -0.450 e. The molecule has 2 heterocycles. The molecule has 4 atom stereocenters. The Morgan fingerprint density at radius 2 is 1.22 bits per heavy atom. The zero-order valence-corrected chi connectivity index (χ0v) is 11.3. The molecule has 0 aliphatic carbocycles. The Bertz CT molecular complexity index is 326. The van der Waals surface area contributed by atoms with Crippen molar-refractivity contribution in [3.05, 3.63) is 0 Å². The van der Waals surface area contributed by atoms with Gasteiger partial charge >= 0.3 is 12.2 Å². The standard InChI is InChI=1S/C12H20N2O4/c1-5-17-11(15)13-7(3)9(13)10-8(4)14(10)12(16)18-6-2/h7-10H,5-6H2,1-4H3/t7-,8-,9-,10+,13?,14?/m1/s1. The molecule has 18 heavy (non-hydrogen) atoms. The van der Waals surface area contributed by atoms with E-state index >= 15 is 0 Å². The predicted octanol–water partition coefficient (Wildman–Crippen LogP) is 1.44. The number of rotatable bonds is 3. The van der Waals surface area contributed by atoms with Gasteiger partial charge in [-0.3, -0.25) is 9.80 Å². The van der Waals surface area contributed by atoms with Gasteiger partial charge in [-0.15, -0.1) is 0 Å². The maximum atomic E-state index is 11.6. The van der Waals surface area contributed by atoms with E-state index in [-0.39, 0.29) is 36.4 Å². The van der Waals surface area contributed by atoms with Gasteiger partial charge in [-0.2, -0.15) is 0 Å². The maximum absolute atomic E-state index is 11.6. The van der Waals surface area contributed by atoms with Crippen molar-refractivity contribution in [2.24, 2.45) is 0 Å². The molecular weight excluding hydrogens is 236 g/mol. The molecule has 2 aliphatic rings. The number of ether oxygens (including phenoxy) is 2. The summed E-state index contributed by atoms with van der Waals surface area (Å²) in [5, 5.41) is 0. The van der Waals surface area contributed by atoms with Crippen LogP contribution in [-0.2, 0) is 9.47 Å². The van der Waals surface area contributed by atoms with Crippen LogP contribution in [0.1, 0.15) is 27.7 Å². The van der Waals surface area contributed by atoms with E-state index in [9.17, 15) is 9.59 Å². The minimum absolute atomic E-state index is 0.0726. The Balaban J connectivity index is 1.91. The second-order valence-corrected chi connectivity index (χ2v) is 4.67. The summed E-state index contributed by atoms with van der Waals surface area (Å²) in [4.78, 5) is 26.6. The Morgan fingerprint density at radius 3 is 1.50 bits per heavy atom. The van der Waals surface area contributed by atoms with Gasteiger partial charge in [0.1, 0.15) is 0 Å². The van der Waals surface area contributed by atoms with Crippen LogP contribution in [0.25, 0.3) is 0 Å². The molecule has 0 unspecified atom stereocenters. The molecule has 2 rings (SSSR count). The van der Waals surface area contributed by atoms with Crippen molar-refractivity contribution < 1.29 is 19.1 Å². The Labute approximate surface area is 107 Å². The summed E-state index contributed by atoms with van der Waals surface area (Å²) in [6, 6.07) is 0.416. The van der Waals surface area contributed by atoms with Crippen LogP contribution in [0.3, 0.4) is 0 Å². The highest BCUT2D eigenvalue weighted by atomic mass is 16.6. The van der Waals surface area contributed by atoms with Crippen LogP contribution in [0.15, 0.2) is 0 Å². The van der Waals surface area contributed by atoms with E-state index in [1.807, 2.05) is 13.8 Å². The molecule has 2 fully saturated rings. The van der Waals surface area contributed by atoms with Crippen molar-refractivity contribution in [1.29, 1.82) is 0 Å². The zero-order valence-electron chi connectivity index (χ0n) is 11.3. The van der Waals surface area contributed by atoms with Gasteiger partial charge in [0.25, 0.3) is 0 Å². The first-order valence-electron chi connectivity index (χ1n) is 6.44. The molecule has 0 aromatic heterocycles. The molecule has 0 aromatic carbocycles. The van der Waals surface area contributed by atoms with Crippen LogP contribution in [0.4, 0.5) is 9.59 Å². The SMILES string of the molecule is CCOC(=O)N1[C@H]([C@H]2[C@@H](C)N2C(=O)OCC)[C@H]1C. The van der Waals surface area contributed by atoms with Crippen LogP contribution < -0.4 is 0 Å². The van der Waals surface area contributed by atoms with Gasteiger partial charge in [0.15, 0.2) is 0 Å². The van der Waals surface area contributed by atoms with E-state index in [1.54, 1.807) is 23.6 Å². The van der Waals surface area contributed by atoms with E-state index in [1.165, 1.54) is 0 Å². The topological polar surface area (TPSA) is 58.6 Å². The lowest BCUT2D eigenvalue weighted by Crippen LogP contribution is -2.22. The molecule has 0 bridgehead atoms. The molecule has 0 radical (unpaired) electrons. The summed E-state index contributed by atoms with van der Waals surface area (Å²) >= 11 is 0. The maximum Gasteiger partial charge on any atom is 0.410 e. The summed E-state index contributed by atoms with van der Waals surface area (Å²) in [6.07, 6.45) is -0.587. The van der Waals surface area contributed by atoms with Gasteiger partial charge < -0.3 is 9.47 Å². The van der Waals surface area contributed by atoms with Gasteiger partial charge in [0.05, 0.1) is 37.4 Å². The third-order valence-corrected chi connectivity index (χ3v) is 3.64. The molecule has 102 valence electrons. The number of hydrogen-bond donors (Lipinski definition) is 0. The van der Waals surface area contributed by atoms with Crippen molar-refractivity contribution in [2.75, 3.05) is 13.2 Å². The minimum atomic E-state index is -0.294. The first-order chi connectivity index (χ1) is 8.54. The van der Waals surface area contributed by atoms with Gasteiger partial charge in [0.2, 0.25) is 0 Å². The summed E-state index contributed by atoms with van der Waals surface area (Å²) in [7, 11) is 0. The van der Waals surface area contributed by atoms with E-state index < -0.39 is 0 Å². The number of carbonyl (C=O) groups is 2. The van der Waals surface area contributed by atoms with Gasteiger partial charge in [-0.1, -0.05) is 0 Å². The molecule has 2 amide bonds. The molecule has 0 aromatic rings. The number of hydrogen-bond acceptors (Lipinski definition) is 4. The van der Waals surface area contributed by atoms with Gasteiger partial charge in [-0.05, 0) is 27.7 Å². The normalized spacial score (nSPS) is 33.1. The predicted molar refractivity (Wildman–Crippen MR) is 64.2 cm³/mol. The Kier molecular flexibility index (Phi) is 3.36. The highest BCUT2D eigenvalue weighted by Gasteiger charge is 2.65. The van der Waals surface area contributed by atoms with Crippen molar-refractivity contribution in [3.8, 4) is 0 Å². The van der Waals surface area contributed by atoms with Crippen LogP contribution in [-0.4, -0.2) is 59.4 Å². The molecule has 0 N–H and O–H groups in total. The third kappa shape index (κ3) is 2.00. The smallest absolute Gasteiger partial charge is 0.410 e. The highest BCUT2D eigenvalue weighted by molar-refractivity contribution is 5.76. The van der Waals surface area contributed by atoms with E-state index in [0.717, 1.165) is 0 Å². The summed E-state index contributed by atoms with van der Waals surface area (Å²) in [5.74, 6) is 0. The molecule has 0 saturated carbocycles. The van der Waals surface area contributed by atoms with Gasteiger partial charge in [-0.25, -0.2) is 9.59 Å². The Morgan fingerprint density at radius 1 is 0.889 bits per heavy atom. The molecule has 2 aliphatic heterocycles. The summed E-state index contributed by atoms with van der Waals surface area (Å²) in [5.41, 5.74) is 0. The molecular formula is C12H20N2O4.